The molecule has 3 N–H and O–H groups in total. The van der Waals surface area contributed by atoms with Gasteiger partial charge in [0.2, 0.25) is 21.8 Å². The van der Waals surface area contributed by atoms with Gasteiger partial charge in [0.1, 0.15) is 30.0 Å². The van der Waals surface area contributed by atoms with Gasteiger partial charge in [-0.1, -0.05) is 81.3 Å². The van der Waals surface area contributed by atoms with Gasteiger partial charge in [-0.05, 0) is 62.1 Å². The number of hydrogen-bond acceptors (Lipinski definition) is 8. The van der Waals surface area contributed by atoms with Gasteiger partial charge in [0.15, 0.2) is 0 Å². The first kappa shape index (κ1) is 41.0. The molecule has 1 aromatic carbocycles. The van der Waals surface area contributed by atoms with Gasteiger partial charge in [-0.2, -0.15) is 0 Å². The van der Waals surface area contributed by atoms with Gasteiger partial charge in [0, 0.05) is 16.8 Å². The minimum absolute atomic E-state index is 0.0111. The Bertz CT molecular complexity index is 1520. The molecule has 1 saturated heterocycles. The second-order valence-corrected chi connectivity index (χ2v) is 16.8. The van der Waals surface area contributed by atoms with E-state index in [9.17, 15) is 27.6 Å². The summed E-state index contributed by atoms with van der Waals surface area (Å²) in [4.78, 5) is 56.2. The van der Waals surface area contributed by atoms with E-state index in [1.54, 1.807) is 27.7 Å². The molecular weight excluding hydrogens is 728 g/mol. The van der Waals surface area contributed by atoms with Crippen LogP contribution in [0.5, 0.6) is 5.75 Å². The Morgan fingerprint density at radius 1 is 1.14 bits per heavy atom. The van der Waals surface area contributed by atoms with Crippen molar-refractivity contribution in [3.63, 3.8) is 0 Å². The van der Waals surface area contributed by atoms with E-state index in [-0.39, 0.29) is 19.6 Å². The molecule has 12 nitrogen and oxygen atoms in total. The Morgan fingerprint density at radius 3 is 2.42 bits per heavy atom. The quantitative estimate of drug-likeness (QED) is 0.144. The van der Waals surface area contributed by atoms with Crippen molar-refractivity contribution in [2.24, 2.45) is 11.3 Å². The second-order valence-electron chi connectivity index (χ2n) is 13.9. The van der Waals surface area contributed by atoms with Crippen LogP contribution in [0.15, 0.2) is 47.5 Å². The van der Waals surface area contributed by atoms with E-state index >= 15 is 0 Å². The third-order valence-electron chi connectivity index (χ3n) is 8.84. The number of rotatable bonds is 17. The van der Waals surface area contributed by atoms with Gasteiger partial charge in [-0.15, -0.1) is 6.58 Å². The van der Waals surface area contributed by atoms with E-state index in [0.717, 1.165) is 16.5 Å². The van der Waals surface area contributed by atoms with Gasteiger partial charge in [0.25, 0.3) is 5.91 Å². The topological polar surface area (TPSA) is 160 Å². The number of allylic oxidation sites excluding steroid dienone is 2. The monoisotopic (exact) mass is 780 g/mol. The molecular formula is C36H53BrN4O8S. The maximum absolute atomic E-state index is 14.4. The number of likely N-dealkylation sites (tertiary alicyclic amines) is 1. The van der Waals surface area contributed by atoms with Crippen LogP contribution in [0.2, 0.25) is 0 Å². The number of benzene rings is 1. The van der Waals surface area contributed by atoms with E-state index in [2.05, 4.69) is 37.9 Å². The third-order valence-corrected chi connectivity index (χ3v) is 11.2. The number of alkyl carbamates (subject to hydrolysis) is 1. The Morgan fingerprint density at radius 2 is 1.84 bits per heavy atom. The molecule has 1 unspecified atom stereocenters. The average Bonchev–Trinajstić information content (AvgIpc) is 3.83. The van der Waals surface area contributed by atoms with Crippen molar-refractivity contribution in [3.8, 4) is 5.75 Å². The van der Waals surface area contributed by atoms with Crippen LogP contribution in [0.1, 0.15) is 85.6 Å². The Balaban J connectivity index is 1.97. The number of nitrogens with one attached hydrogen (secondary N) is 3. The number of amides is 4. The summed E-state index contributed by atoms with van der Waals surface area (Å²) >= 11 is 3.50. The van der Waals surface area contributed by atoms with Crippen molar-refractivity contribution < 1.29 is 37.1 Å². The van der Waals surface area contributed by atoms with Crippen molar-refractivity contribution in [1.82, 2.24) is 20.3 Å². The highest BCUT2D eigenvalue weighted by Gasteiger charge is 2.47. The predicted molar refractivity (Wildman–Crippen MR) is 196 cm³/mol. The molecule has 0 bridgehead atoms. The fraction of sp³-hybridized carbons (Fsp3) is 0.611. The first-order chi connectivity index (χ1) is 23.6. The summed E-state index contributed by atoms with van der Waals surface area (Å²) in [6.07, 6.45) is 7.54. The molecule has 1 heterocycles. The van der Waals surface area contributed by atoms with Crippen molar-refractivity contribution in [3.05, 3.63) is 53.0 Å². The van der Waals surface area contributed by atoms with E-state index in [1.165, 1.54) is 11.0 Å². The molecule has 1 aliphatic heterocycles. The van der Waals surface area contributed by atoms with Gasteiger partial charge in [0.05, 0.1) is 18.4 Å². The Labute approximate surface area is 305 Å². The normalized spacial score (nSPS) is 19.7. The lowest BCUT2D eigenvalue weighted by Crippen LogP contribution is -2.60. The SMILES string of the molecule is C=C[C@H](CC)C(NC(=O)[C@@H]1C[C@@H](Oc2cc(Br)ccc2C/C=C/C)CN1C(=O)[C@@H](NC(=O)OCCCC)C(C)(C)C)C(=O)NS(=O)(=O)C1CC1. The van der Waals surface area contributed by atoms with Crippen molar-refractivity contribution in [1.29, 1.82) is 0 Å². The molecule has 3 rings (SSSR count). The summed E-state index contributed by atoms with van der Waals surface area (Å²) in [5.74, 6) is -2.06. The summed E-state index contributed by atoms with van der Waals surface area (Å²) in [5, 5.41) is 4.82. The molecule has 1 aromatic rings. The average molecular weight is 782 g/mol. The van der Waals surface area contributed by atoms with Crippen molar-refractivity contribution in [2.45, 2.75) is 116 Å². The molecule has 0 aromatic heterocycles. The van der Waals surface area contributed by atoms with E-state index in [0.29, 0.717) is 37.9 Å². The number of halogens is 1. The molecule has 0 radical (unpaired) electrons. The van der Waals surface area contributed by atoms with Gasteiger partial charge >= 0.3 is 6.09 Å². The number of unbranched alkanes of at least 4 members (excludes halogenated alkanes) is 1. The number of nitrogens with zero attached hydrogens (tertiary/aromatic N) is 1. The number of carbonyl (C=O) groups is 4. The summed E-state index contributed by atoms with van der Waals surface area (Å²) in [6, 6.07) is 2.23. The summed E-state index contributed by atoms with van der Waals surface area (Å²) in [7, 11) is -3.90. The fourth-order valence-corrected chi connectivity index (χ4v) is 7.38. The largest absolute Gasteiger partial charge is 0.488 e. The van der Waals surface area contributed by atoms with Gasteiger partial charge in [-0.25, -0.2) is 13.2 Å². The first-order valence-corrected chi connectivity index (χ1v) is 19.7. The molecule has 14 heteroatoms. The second kappa shape index (κ2) is 18.2. The Kier molecular flexibility index (Phi) is 14.9. The highest BCUT2D eigenvalue weighted by atomic mass is 79.9. The minimum Gasteiger partial charge on any atom is -0.488 e. The van der Waals surface area contributed by atoms with Crippen molar-refractivity contribution in [2.75, 3.05) is 13.2 Å². The highest BCUT2D eigenvalue weighted by Crippen LogP contribution is 2.32. The molecule has 50 heavy (non-hydrogen) atoms. The van der Waals surface area contributed by atoms with E-state index in [4.69, 9.17) is 9.47 Å². The zero-order valence-electron chi connectivity index (χ0n) is 30.0. The highest BCUT2D eigenvalue weighted by molar-refractivity contribution is 9.10. The summed E-state index contributed by atoms with van der Waals surface area (Å²) in [5.41, 5.74) is 0.132. The van der Waals surface area contributed by atoms with Gasteiger partial charge < -0.3 is 25.0 Å². The maximum atomic E-state index is 14.4. The van der Waals surface area contributed by atoms with Crippen LogP contribution in [0.3, 0.4) is 0 Å². The number of carbonyl (C=O) groups excluding carboxylic acids is 4. The molecule has 0 spiro atoms. The smallest absolute Gasteiger partial charge is 0.407 e. The lowest BCUT2D eigenvalue weighted by atomic mass is 9.85. The lowest BCUT2D eigenvalue weighted by molar-refractivity contribution is -0.142. The van der Waals surface area contributed by atoms with Crippen LogP contribution in [0.25, 0.3) is 0 Å². The summed E-state index contributed by atoms with van der Waals surface area (Å²) in [6.45, 7) is 15.1. The van der Waals surface area contributed by atoms with Crippen LogP contribution in [0, 0.1) is 11.3 Å². The number of ether oxygens (including phenoxy) is 2. The standard InChI is InChI=1S/C36H53BrN4O8S/c1-8-12-14-24-15-16-25(37)20-29(24)49-26-21-28(41(22-26)34(44)31(36(5,6)7)39-35(45)48-19-13-9-2)32(42)38-30(23(10-3)11-4)33(43)40-50(46,47)27-17-18-27/h8,10,12,15-16,20,23,26-28,30-31H,3,9,11,13-14,17-19,21-22H2,1-2,4-7H3,(H,38,42)(H,39,45)(H,40,43)/b12-8+/t23-,26-,28+,30?,31-/m1/s1. The van der Waals surface area contributed by atoms with E-state index in [1.807, 2.05) is 44.2 Å². The molecule has 1 saturated carbocycles. The molecule has 5 atom stereocenters. The van der Waals surface area contributed by atoms with Crippen LogP contribution in [-0.2, 0) is 35.6 Å². The van der Waals surface area contributed by atoms with Crippen LogP contribution >= 0.6 is 15.9 Å². The van der Waals surface area contributed by atoms with E-state index < -0.39 is 74.7 Å². The summed E-state index contributed by atoms with van der Waals surface area (Å²) < 4.78 is 40.1. The first-order valence-electron chi connectivity index (χ1n) is 17.3. The maximum Gasteiger partial charge on any atom is 0.407 e. The van der Waals surface area contributed by atoms with Crippen LogP contribution < -0.4 is 20.1 Å². The molecule has 1 aliphatic carbocycles. The molecule has 2 aliphatic rings. The molecule has 2 fully saturated rings. The zero-order chi connectivity index (χ0) is 37.2. The minimum atomic E-state index is -3.90. The number of hydrogen-bond donors (Lipinski definition) is 3. The van der Waals surface area contributed by atoms with Crippen molar-refractivity contribution >= 4 is 49.8 Å². The Hall–Kier alpha value is -3.39. The predicted octanol–water partition coefficient (Wildman–Crippen LogP) is 5.16. The molecule has 278 valence electrons. The molecule has 4 amide bonds. The van der Waals surface area contributed by atoms with Crippen LogP contribution in [0.4, 0.5) is 4.79 Å². The number of sulfonamides is 1. The third kappa shape index (κ3) is 11.3. The fourth-order valence-electron chi connectivity index (χ4n) is 5.71. The lowest BCUT2D eigenvalue weighted by Gasteiger charge is -2.35. The van der Waals surface area contributed by atoms with Crippen LogP contribution in [-0.4, -0.2) is 79.8 Å². The van der Waals surface area contributed by atoms with Gasteiger partial charge in [-0.3, -0.25) is 19.1 Å². The zero-order valence-corrected chi connectivity index (χ0v) is 32.4.